The molecule has 0 aromatic heterocycles. The Kier molecular flexibility index (Phi) is 3.60. The van der Waals surface area contributed by atoms with Gasteiger partial charge in [-0.15, -0.1) is 0 Å². The molecule has 0 unspecified atom stereocenters. The lowest BCUT2D eigenvalue weighted by atomic mass is 10.2. The molecule has 1 aliphatic carbocycles. The highest BCUT2D eigenvalue weighted by Gasteiger charge is 2.29. The van der Waals surface area contributed by atoms with Crippen molar-refractivity contribution in [3.05, 3.63) is 29.6 Å². The van der Waals surface area contributed by atoms with Gasteiger partial charge in [0.2, 0.25) is 0 Å². The second-order valence-corrected chi connectivity index (χ2v) is 4.23. The highest BCUT2D eigenvalue weighted by molar-refractivity contribution is 5.53. The quantitative estimate of drug-likeness (QED) is 0.784. The summed E-state index contributed by atoms with van der Waals surface area (Å²) in [5, 5.41) is 8.84. The average Bonchev–Trinajstić information content (AvgIpc) is 3.13. The Balaban J connectivity index is 2.22. The molecule has 17 heavy (non-hydrogen) atoms. The molecule has 1 aromatic carbocycles. The zero-order valence-corrected chi connectivity index (χ0v) is 9.82. The van der Waals surface area contributed by atoms with Crippen LogP contribution in [-0.4, -0.2) is 26.3 Å². The number of benzene rings is 1. The number of nitrogens with zero attached hydrogens (tertiary/aromatic N) is 2. The minimum Gasteiger partial charge on any atom is -0.383 e. The Morgan fingerprint density at radius 1 is 1.47 bits per heavy atom. The van der Waals surface area contributed by atoms with E-state index in [1.165, 1.54) is 12.1 Å². The van der Waals surface area contributed by atoms with Gasteiger partial charge >= 0.3 is 0 Å². The molecule has 4 heteroatoms. The number of methoxy groups -OCH3 is 1. The van der Waals surface area contributed by atoms with E-state index in [9.17, 15) is 4.39 Å². The van der Waals surface area contributed by atoms with Crippen LogP contribution in [0.2, 0.25) is 0 Å². The summed E-state index contributed by atoms with van der Waals surface area (Å²) in [6.07, 6.45) is 2.25. The predicted molar refractivity (Wildman–Crippen MR) is 63.4 cm³/mol. The average molecular weight is 234 g/mol. The van der Waals surface area contributed by atoms with Gasteiger partial charge in [-0.3, -0.25) is 0 Å². The lowest BCUT2D eigenvalue weighted by molar-refractivity contribution is 0.205. The van der Waals surface area contributed by atoms with E-state index >= 15 is 0 Å². The molecule has 0 heterocycles. The van der Waals surface area contributed by atoms with Gasteiger partial charge in [0, 0.05) is 25.4 Å². The number of anilines is 1. The molecule has 1 saturated carbocycles. The first-order valence-corrected chi connectivity index (χ1v) is 5.71. The normalized spacial score (nSPS) is 14.4. The fourth-order valence-corrected chi connectivity index (χ4v) is 1.90. The summed E-state index contributed by atoms with van der Waals surface area (Å²) in [5.41, 5.74) is 1.14. The summed E-state index contributed by atoms with van der Waals surface area (Å²) in [4.78, 5) is 2.12. The molecule has 0 amide bonds. The molecular weight excluding hydrogens is 219 g/mol. The number of ether oxygens (including phenoxy) is 1. The van der Waals surface area contributed by atoms with E-state index in [1.807, 2.05) is 6.07 Å². The Morgan fingerprint density at radius 2 is 2.24 bits per heavy atom. The Hall–Kier alpha value is -1.60. The Labute approximate surface area is 100 Å². The molecule has 0 N–H and O–H groups in total. The summed E-state index contributed by atoms with van der Waals surface area (Å²) in [6, 6.07) is 6.92. The largest absolute Gasteiger partial charge is 0.383 e. The lowest BCUT2D eigenvalue weighted by Crippen LogP contribution is -2.29. The molecule has 0 spiro atoms. The van der Waals surface area contributed by atoms with Crippen LogP contribution in [-0.2, 0) is 4.74 Å². The molecule has 0 saturated heterocycles. The second kappa shape index (κ2) is 5.15. The Bertz CT molecular complexity index is 438. The second-order valence-electron chi connectivity index (χ2n) is 4.23. The van der Waals surface area contributed by atoms with Crippen LogP contribution in [0.5, 0.6) is 0 Å². The van der Waals surface area contributed by atoms with Crippen LogP contribution >= 0.6 is 0 Å². The van der Waals surface area contributed by atoms with Gasteiger partial charge in [0.05, 0.1) is 18.2 Å². The number of halogens is 1. The minimum absolute atomic E-state index is 0.359. The minimum atomic E-state index is -0.359. The molecule has 3 nitrogen and oxygen atoms in total. The van der Waals surface area contributed by atoms with Gasteiger partial charge in [-0.25, -0.2) is 4.39 Å². The number of hydrogen-bond acceptors (Lipinski definition) is 3. The smallest absolute Gasteiger partial charge is 0.126 e. The van der Waals surface area contributed by atoms with Crippen molar-refractivity contribution in [2.24, 2.45) is 0 Å². The van der Waals surface area contributed by atoms with E-state index in [0.717, 1.165) is 25.1 Å². The molecule has 0 bridgehead atoms. The van der Waals surface area contributed by atoms with E-state index in [1.54, 1.807) is 13.2 Å². The van der Waals surface area contributed by atoms with Crippen molar-refractivity contribution in [2.75, 3.05) is 25.2 Å². The maximum Gasteiger partial charge on any atom is 0.126 e. The molecule has 1 aliphatic rings. The van der Waals surface area contributed by atoms with Crippen molar-refractivity contribution >= 4 is 5.69 Å². The highest BCUT2D eigenvalue weighted by Crippen LogP contribution is 2.32. The fraction of sp³-hybridized carbons (Fsp3) is 0.462. The van der Waals surface area contributed by atoms with Crippen molar-refractivity contribution in [1.29, 1.82) is 5.26 Å². The number of rotatable bonds is 5. The zero-order valence-electron chi connectivity index (χ0n) is 9.82. The third-order valence-corrected chi connectivity index (χ3v) is 2.87. The van der Waals surface area contributed by atoms with Gasteiger partial charge < -0.3 is 9.64 Å². The maximum atomic E-state index is 13.4. The van der Waals surface area contributed by atoms with Gasteiger partial charge in [0.25, 0.3) is 0 Å². The van der Waals surface area contributed by atoms with E-state index in [4.69, 9.17) is 10.00 Å². The van der Waals surface area contributed by atoms with Gasteiger partial charge in [0.15, 0.2) is 0 Å². The first kappa shape index (κ1) is 11.9. The van der Waals surface area contributed by atoms with Gasteiger partial charge in [-0.1, -0.05) is 0 Å². The zero-order chi connectivity index (χ0) is 12.3. The van der Waals surface area contributed by atoms with Gasteiger partial charge in [-0.05, 0) is 31.0 Å². The van der Waals surface area contributed by atoms with Crippen LogP contribution in [0.3, 0.4) is 0 Å². The van der Waals surface area contributed by atoms with E-state index in [0.29, 0.717) is 18.2 Å². The fourth-order valence-electron chi connectivity index (χ4n) is 1.90. The highest BCUT2D eigenvalue weighted by atomic mass is 19.1. The summed E-state index contributed by atoms with van der Waals surface area (Å²) in [6.45, 7) is 1.34. The summed E-state index contributed by atoms with van der Waals surface area (Å²) in [5.74, 6) is -0.359. The van der Waals surface area contributed by atoms with Crippen molar-refractivity contribution in [1.82, 2.24) is 0 Å². The van der Waals surface area contributed by atoms with Crippen molar-refractivity contribution < 1.29 is 9.13 Å². The summed E-state index contributed by atoms with van der Waals surface area (Å²) >= 11 is 0. The van der Waals surface area contributed by atoms with Crippen LogP contribution in [0, 0.1) is 17.1 Å². The van der Waals surface area contributed by atoms with Gasteiger partial charge in [0.1, 0.15) is 5.82 Å². The van der Waals surface area contributed by atoms with Crippen molar-refractivity contribution in [3.8, 4) is 6.07 Å². The topological polar surface area (TPSA) is 36.3 Å². The van der Waals surface area contributed by atoms with Crippen LogP contribution < -0.4 is 4.90 Å². The Morgan fingerprint density at radius 3 is 2.82 bits per heavy atom. The third kappa shape index (κ3) is 2.95. The first-order valence-electron chi connectivity index (χ1n) is 5.71. The molecule has 0 atom stereocenters. The van der Waals surface area contributed by atoms with Crippen LogP contribution in [0.1, 0.15) is 18.4 Å². The lowest BCUT2D eigenvalue weighted by Gasteiger charge is -2.24. The van der Waals surface area contributed by atoms with E-state index in [-0.39, 0.29) is 5.82 Å². The first-order chi connectivity index (χ1) is 8.24. The third-order valence-electron chi connectivity index (χ3n) is 2.87. The van der Waals surface area contributed by atoms with Crippen LogP contribution in [0.4, 0.5) is 10.1 Å². The molecule has 1 aromatic rings. The summed E-state index contributed by atoms with van der Waals surface area (Å²) in [7, 11) is 1.65. The molecule has 1 fully saturated rings. The maximum absolute atomic E-state index is 13.4. The van der Waals surface area contributed by atoms with Crippen LogP contribution in [0.25, 0.3) is 0 Å². The SMILES string of the molecule is COCCN(c1cc(F)cc(C#N)c1)C1CC1. The molecule has 0 radical (unpaired) electrons. The van der Waals surface area contributed by atoms with E-state index in [2.05, 4.69) is 4.90 Å². The van der Waals surface area contributed by atoms with Crippen molar-refractivity contribution in [3.63, 3.8) is 0 Å². The number of hydrogen-bond donors (Lipinski definition) is 0. The predicted octanol–water partition coefficient (Wildman–Crippen LogP) is 2.31. The molecular formula is C13H15FN2O. The monoisotopic (exact) mass is 234 g/mol. The van der Waals surface area contributed by atoms with Crippen molar-refractivity contribution in [2.45, 2.75) is 18.9 Å². The molecule has 0 aliphatic heterocycles. The standard InChI is InChI=1S/C13H15FN2O/c1-17-5-4-16(12-2-3-12)13-7-10(9-15)6-11(14)8-13/h6-8,12H,2-5H2,1H3. The van der Waals surface area contributed by atoms with E-state index < -0.39 is 0 Å². The summed E-state index contributed by atoms with van der Waals surface area (Å²) < 4.78 is 18.4. The number of nitriles is 1. The molecule has 2 rings (SSSR count). The molecule has 90 valence electrons. The van der Waals surface area contributed by atoms with Gasteiger partial charge in [-0.2, -0.15) is 5.26 Å². The van der Waals surface area contributed by atoms with Crippen LogP contribution in [0.15, 0.2) is 18.2 Å².